The van der Waals surface area contributed by atoms with Gasteiger partial charge in [-0.05, 0) is 18.4 Å². The first-order valence-corrected chi connectivity index (χ1v) is 8.68. The van der Waals surface area contributed by atoms with Crippen LogP contribution in [-0.4, -0.2) is 72.5 Å². The van der Waals surface area contributed by atoms with E-state index in [-0.39, 0.29) is 0 Å². The van der Waals surface area contributed by atoms with Gasteiger partial charge in [-0.15, -0.1) is 0 Å². The third-order valence-electron chi connectivity index (χ3n) is 4.78. The fourth-order valence-corrected chi connectivity index (χ4v) is 3.09. The van der Waals surface area contributed by atoms with Crippen molar-refractivity contribution in [2.45, 2.75) is 31.7 Å². The molecule has 0 unspecified atom stereocenters. The minimum absolute atomic E-state index is 0.311. The van der Waals surface area contributed by atoms with Crippen LogP contribution in [0.1, 0.15) is 18.4 Å². The van der Waals surface area contributed by atoms with Gasteiger partial charge in [-0.1, -0.05) is 30.3 Å². The molecule has 6 heteroatoms. The molecule has 1 heterocycles. The Morgan fingerprint density at radius 1 is 1.04 bits per heavy atom. The number of piperazine rings is 1. The van der Waals surface area contributed by atoms with Crippen molar-refractivity contribution in [2.75, 3.05) is 39.3 Å². The molecule has 2 aliphatic rings. The van der Waals surface area contributed by atoms with Gasteiger partial charge < -0.3 is 19.5 Å². The average Bonchev–Trinajstić information content (AvgIpc) is 2.57. The van der Waals surface area contributed by atoms with E-state index in [0.717, 1.165) is 32.5 Å². The van der Waals surface area contributed by atoms with E-state index < -0.39 is 6.09 Å². The molecular weight excluding hydrogens is 308 g/mol. The van der Waals surface area contributed by atoms with Crippen LogP contribution in [-0.2, 0) is 16.1 Å². The molecule has 1 N–H and O–H groups in total. The highest BCUT2D eigenvalue weighted by Crippen LogP contribution is 2.27. The van der Waals surface area contributed by atoms with Crippen LogP contribution in [0.5, 0.6) is 0 Å². The van der Waals surface area contributed by atoms with E-state index in [1.165, 1.54) is 10.5 Å². The fraction of sp³-hybridized carbons (Fsp3) is 0.611. The van der Waals surface area contributed by atoms with Gasteiger partial charge >= 0.3 is 6.09 Å². The lowest BCUT2D eigenvalue weighted by Gasteiger charge is -2.36. The molecule has 1 aromatic rings. The van der Waals surface area contributed by atoms with Crippen molar-refractivity contribution < 1.29 is 19.4 Å². The Balaban J connectivity index is 1.22. The minimum Gasteiger partial charge on any atom is -0.465 e. The van der Waals surface area contributed by atoms with Gasteiger partial charge in [0, 0.05) is 32.7 Å². The topological polar surface area (TPSA) is 62.2 Å². The van der Waals surface area contributed by atoms with Crippen molar-refractivity contribution >= 4 is 6.09 Å². The number of hydrogen-bond acceptors (Lipinski definition) is 4. The molecule has 0 aromatic heterocycles. The number of carbonyl (C=O) groups is 1. The first-order chi connectivity index (χ1) is 11.7. The Kier molecular flexibility index (Phi) is 6.07. The lowest BCUT2D eigenvalue weighted by molar-refractivity contribution is -0.109. The van der Waals surface area contributed by atoms with Crippen LogP contribution in [0.4, 0.5) is 4.79 Å². The fourth-order valence-electron chi connectivity index (χ4n) is 3.09. The second kappa shape index (κ2) is 8.46. The van der Waals surface area contributed by atoms with Gasteiger partial charge in [0.05, 0.1) is 25.4 Å². The van der Waals surface area contributed by atoms with Gasteiger partial charge in [0.25, 0.3) is 0 Å². The summed E-state index contributed by atoms with van der Waals surface area (Å²) in [4.78, 5) is 14.6. The standard InChI is InChI=1S/C18H26N2O4/c21-18(22)20-8-6-19(7-9-20)10-11-23-16-12-17(13-16)24-14-15-4-2-1-3-5-15/h1-5,16-17H,6-14H2,(H,21,22)/t16-,17+. The number of ether oxygens (including phenoxy) is 2. The van der Waals surface area contributed by atoms with Gasteiger partial charge in [0.15, 0.2) is 0 Å². The highest BCUT2D eigenvalue weighted by Gasteiger charge is 2.30. The van der Waals surface area contributed by atoms with Gasteiger partial charge in [-0.25, -0.2) is 4.79 Å². The van der Waals surface area contributed by atoms with Crippen molar-refractivity contribution in [3.8, 4) is 0 Å². The lowest BCUT2D eigenvalue weighted by atomic mass is 9.92. The highest BCUT2D eigenvalue weighted by atomic mass is 16.5. The summed E-state index contributed by atoms with van der Waals surface area (Å²) in [5.41, 5.74) is 1.21. The molecule has 1 saturated heterocycles. The molecule has 24 heavy (non-hydrogen) atoms. The first kappa shape index (κ1) is 17.2. The van der Waals surface area contributed by atoms with Crippen LogP contribution in [0.25, 0.3) is 0 Å². The van der Waals surface area contributed by atoms with E-state index in [0.29, 0.717) is 38.5 Å². The lowest BCUT2D eigenvalue weighted by Crippen LogP contribution is -2.49. The predicted molar refractivity (Wildman–Crippen MR) is 90.0 cm³/mol. The Hall–Kier alpha value is -1.63. The molecule has 1 aromatic carbocycles. The van der Waals surface area contributed by atoms with Crippen molar-refractivity contribution in [2.24, 2.45) is 0 Å². The molecular formula is C18H26N2O4. The van der Waals surface area contributed by atoms with Crippen molar-refractivity contribution in [1.82, 2.24) is 9.80 Å². The van der Waals surface area contributed by atoms with Gasteiger partial charge in [0.2, 0.25) is 0 Å². The largest absolute Gasteiger partial charge is 0.465 e. The van der Waals surface area contributed by atoms with E-state index in [2.05, 4.69) is 17.0 Å². The normalized spacial score (nSPS) is 24.6. The number of hydrogen-bond donors (Lipinski definition) is 1. The smallest absolute Gasteiger partial charge is 0.407 e. The van der Waals surface area contributed by atoms with E-state index in [9.17, 15) is 4.79 Å². The van der Waals surface area contributed by atoms with Crippen molar-refractivity contribution in [3.63, 3.8) is 0 Å². The first-order valence-electron chi connectivity index (χ1n) is 8.68. The molecule has 3 rings (SSSR count). The molecule has 0 bridgehead atoms. The van der Waals surface area contributed by atoms with Crippen LogP contribution >= 0.6 is 0 Å². The maximum atomic E-state index is 10.9. The molecule has 0 atom stereocenters. The zero-order chi connectivity index (χ0) is 16.8. The molecule has 0 spiro atoms. The summed E-state index contributed by atoms with van der Waals surface area (Å²) in [6.45, 7) is 5.03. The second-order valence-corrected chi connectivity index (χ2v) is 6.49. The van der Waals surface area contributed by atoms with E-state index in [4.69, 9.17) is 14.6 Å². The van der Waals surface area contributed by atoms with Crippen LogP contribution in [0.2, 0.25) is 0 Å². The average molecular weight is 334 g/mol. The SMILES string of the molecule is O=C(O)N1CCN(CCO[C@H]2C[C@@H](OCc3ccccc3)C2)CC1. The van der Waals surface area contributed by atoms with Crippen molar-refractivity contribution in [3.05, 3.63) is 35.9 Å². The zero-order valence-electron chi connectivity index (χ0n) is 14.0. The van der Waals surface area contributed by atoms with Crippen LogP contribution in [0.3, 0.4) is 0 Å². The third-order valence-corrected chi connectivity index (χ3v) is 4.78. The summed E-state index contributed by atoms with van der Waals surface area (Å²) in [6, 6.07) is 10.2. The molecule has 132 valence electrons. The third kappa shape index (κ3) is 4.93. The number of rotatable bonds is 7. The van der Waals surface area contributed by atoms with Gasteiger partial charge in [-0.3, -0.25) is 4.90 Å². The summed E-state index contributed by atoms with van der Waals surface area (Å²) in [5.74, 6) is 0. The molecule has 2 fully saturated rings. The maximum absolute atomic E-state index is 10.9. The van der Waals surface area contributed by atoms with E-state index in [1.807, 2.05) is 18.2 Å². The minimum atomic E-state index is -0.818. The Morgan fingerprint density at radius 2 is 1.71 bits per heavy atom. The molecule has 6 nitrogen and oxygen atoms in total. The Morgan fingerprint density at radius 3 is 2.38 bits per heavy atom. The number of benzene rings is 1. The highest BCUT2D eigenvalue weighted by molar-refractivity contribution is 5.65. The summed E-state index contributed by atoms with van der Waals surface area (Å²) in [5, 5.41) is 8.93. The summed E-state index contributed by atoms with van der Waals surface area (Å²) >= 11 is 0. The van der Waals surface area contributed by atoms with Crippen molar-refractivity contribution in [1.29, 1.82) is 0 Å². The molecule has 1 aliphatic heterocycles. The molecule has 1 amide bonds. The second-order valence-electron chi connectivity index (χ2n) is 6.49. The number of amides is 1. The summed E-state index contributed by atoms with van der Waals surface area (Å²) in [7, 11) is 0. The number of carboxylic acid groups (broad SMARTS) is 1. The molecule has 0 radical (unpaired) electrons. The number of nitrogens with zero attached hydrogens (tertiary/aromatic N) is 2. The van der Waals surface area contributed by atoms with E-state index >= 15 is 0 Å². The van der Waals surface area contributed by atoms with Crippen LogP contribution < -0.4 is 0 Å². The monoisotopic (exact) mass is 334 g/mol. The maximum Gasteiger partial charge on any atom is 0.407 e. The van der Waals surface area contributed by atoms with Gasteiger partial charge in [0.1, 0.15) is 0 Å². The van der Waals surface area contributed by atoms with Crippen LogP contribution in [0, 0.1) is 0 Å². The molecule has 1 saturated carbocycles. The van der Waals surface area contributed by atoms with Gasteiger partial charge in [-0.2, -0.15) is 0 Å². The van der Waals surface area contributed by atoms with Crippen LogP contribution in [0.15, 0.2) is 30.3 Å². The summed E-state index contributed by atoms with van der Waals surface area (Å²) < 4.78 is 11.8. The quantitative estimate of drug-likeness (QED) is 0.827. The Bertz CT molecular complexity index is 511. The van der Waals surface area contributed by atoms with E-state index in [1.54, 1.807) is 0 Å². The predicted octanol–water partition coefficient (Wildman–Crippen LogP) is 2.05. The Labute approximate surface area is 143 Å². The zero-order valence-corrected chi connectivity index (χ0v) is 14.0. The summed E-state index contributed by atoms with van der Waals surface area (Å²) in [6.07, 6.45) is 1.75. The molecule has 1 aliphatic carbocycles.